The van der Waals surface area contributed by atoms with Gasteiger partial charge in [0.1, 0.15) is 0 Å². The summed E-state index contributed by atoms with van der Waals surface area (Å²) in [6, 6.07) is 17.4. The molecule has 2 aromatic carbocycles. The maximum absolute atomic E-state index is 13.1. The Morgan fingerprint density at radius 2 is 1.58 bits per heavy atom. The molecule has 1 atom stereocenters. The molecule has 1 heterocycles. The van der Waals surface area contributed by atoms with Gasteiger partial charge >= 0.3 is 0 Å². The van der Waals surface area contributed by atoms with Crippen LogP contribution in [-0.2, 0) is 0 Å². The van der Waals surface area contributed by atoms with Gasteiger partial charge in [-0.2, -0.15) is 0 Å². The van der Waals surface area contributed by atoms with Crippen LogP contribution in [0.4, 0.5) is 0 Å². The largest absolute Gasteiger partial charge is 1.00 e. The predicted octanol–water partition coefficient (Wildman–Crippen LogP) is 1.80. The molecule has 0 radical (unpaired) electrons. The molecule has 0 spiro atoms. The number of likely N-dealkylation sites (tertiary alicyclic amines) is 1. The molecule has 1 unspecified atom stereocenters. The Bertz CT molecular complexity index is 636. The summed E-state index contributed by atoms with van der Waals surface area (Å²) in [5, 5.41) is 0.661. The summed E-state index contributed by atoms with van der Waals surface area (Å²) in [6.45, 7) is 2.99. The summed E-state index contributed by atoms with van der Waals surface area (Å²) < 4.78 is 0. The molecular formula is C20H22Cl2NO-. The van der Waals surface area contributed by atoms with Gasteiger partial charge in [-0.3, -0.25) is 4.79 Å². The van der Waals surface area contributed by atoms with Gasteiger partial charge in [-0.25, -0.2) is 0 Å². The Labute approximate surface area is 155 Å². The summed E-state index contributed by atoms with van der Waals surface area (Å²) in [7, 11) is 0. The Hall–Kier alpha value is -1.35. The number of piperidine rings is 1. The lowest BCUT2D eigenvalue weighted by Gasteiger charge is -2.30. The van der Waals surface area contributed by atoms with Crippen molar-refractivity contribution in [3.05, 3.63) is 70.7 Å². The predicted molar refractivity (Wildman–Crippen MR) is 95.3 cm³/mol. The van der Waals surface area contributed by atoms with Gasteiger partial charge in [0.05, 0.1) is 5.92 Å². The smallest absolute Gasteiger partial charge is 0.171 e. The van der Waals surface area contributed by atoms with Crippen LogP contribution in [0.2, 0.25) is 5.02 Å². The second kappa shape index (κ2) is 9.22. The second-order valence-corrected chi connectivity index (χ2v) is 6.63. The third-order valence-electron chi connectivity index (χ3n) is 4.54. The molecule has 4 heteroatoms. The van der Waals surface area contributed by atoms with Gasteiger partial charge in [-0.1, -0.05) is 48.4 Å². The maximum atomic E-state index is 13.1. The number of carbonyl (C=O) groups is 1. The van der Waals surface area contributed by atoms with E-state index in [-0.39, 0.29) is 24.1 Å². The van der Waals surface area contributed by atoms with E-state index in [0.717, 1.165) is 30.8 Å². The Balaban J connectivity index is 0.00000208. The van der Waals surface area contributed by atoms with Crippen molar-refractivity contribution < 1.29 is 17.2 Å². The molecule has 2 nitrogen and oxygen atoms in total. The van der Waals surface area contributed by atoms with Crippen molar-refractivity contribution >= 4 is 17.4 Å². The number of Topliss-reactive ketones (excluding diaryl/α,β-unsaturated/α-hetero) is 1. The van der Waals surface area contributed by atoms with Crippen LogP contribution in [0.15, 0.2) is 54.6 Å². The summed E-state index contributed by atoms with van der Waals surface area (Å²) in [5.74, 6) is 0.0638. The fraction of sp³-hybridized carbons (Fsp3) is 0.350. The lowest BCUT2D eigenvalue weighted by molar-refractivity contribution is -0.0000125. The highest BCUT2D eigenvalue weighted by molar-refractivity contribution is 6.30. The van der Waals surface area contributed by atoms with Crippen LogP contribution >= 0.6 is 11.6 Å². The van der Waals surface area contributed by atoms with Crippen molar-refractivity contribution in [2.45, 2.75) is 25.2 Å². The van der Waals surface area contributed by atoms with Crippen LogP contribution in [0, 0.1) is 0 Å². The Morgan fingerprint density at radius 1 is 0.958 bits per heavy atom. The molecule has 2 aromatic rings. The first kappa shape index (κ1) is 19.0. The van der Waals surface area contributed by atoms with E-state index in [1.54, 1.807) is 12.1 Å². The fourth-order valence-electron chi connectivity index (χ4n) is 3.24. The fourth-order valence-corrected chi connectivity index (χ4v) is 3.37. The average Bonchev–Trinajstić information content (AvgIpc) is 2.61. The van der Waals surface area contributed by atoms with Gasteiger partial charge in [0.25, 0.3) is 0 Å². The van der Waals surface area contributed by atoms with Crippen molar-refractivity contribution in [1.29, 1.82) is 0 Å². The minimum absolute atomic E-state index is 0. The highest BCUT2D eigenvalue weighted by Crippen LogP contribution is 2.24. The van der Waals surface area contributed by atoms with Crippen molar-refractivity contribution in [3.63, 3.8) is 0 Å². The third kappa shape index (κ3) is 4.83. The quantitative estimate of drug-likeness (QED) is 0.755. The zero-order chi connectivity index (χ0) is 16.1. The van der Waals surface area contributed by atoms with Crippen LogP contribution in [0.25, 0.3) is 0 Å². The van der Waals surface area contributed by atoms with Crippen molar-refractivity contribution in [2.75, 3.05) is 19.6 Å². The van der Waals surface area contributed by atoms with Gasteiger partial charge in [-0.15, -0.1) is 0 Å². The van der Waals surface area contributed by atoms with E-state index < -0.39 is 0 Å². The van der Waals surface area contributed by atoms with Crippen molar-refractivity contribution in [3.8, 4) is 0 Å². The standard InChI is InChI=1S/C20H22ClNO.ClH/c21-18-11-9-17(10-12-18)20(23)19(16-7-3-1-4-8-16)15-22-13-5-2-6-14-22;/h1,3-4,7-12,19H,2,5-6,13-15H2;1H/p-1. The molecule has 0 bridgehead atoms. The lowest BCUT2D eigenvalue weighted by Crippen LogP contribution is -3.00. The van der Waals surface area contributed by atoms with E-state index in [9.17, 15) is 4.79 Å². The van der Waals surface area contributed by atoms with Gasteiger partial charge in [0.2, 0.25) is 0 Å². The number of carbonyl (C=O) groups excluding carboxylic acids is 1. The van der Waals surface area contributed by atoms with Crippen LogP contribution in [0.3, 0.4) is 0 Å². The topological polar surface area (TPSA) is 20.3 Å². The van der Waals surface area contributed by atoms with Gasteiger partial charge in [0.15, 0.2) is 5.78 Å². The SMILES string of the molecule is O=C(c1ccc(Cl)cc1)C(CN1CCCCC1)c1ccccc1.[Cl-]. The molecule has 0 N–H and O–H groups in total. The zero-order valence-corrected chi connectivity index (χ0v) is 15.1. The molecule has 1 saturated heterocycles. The van der Waals surface area contributed by atoms with Gasteiger partial charge in [-0.05, 0) is 55.8 Å². The number of nitrogens with zero attached hydrogens (tertiary/aromatic N) is 1. The molecule has 1 fully saturated rings. The van der Waals surface area contributed by atoms with Gasteiger partial charge in [0, 0.05) is 17.1 Å². The molecule has 1 aliphatic heterocycles. The number of rotatable bonds is 5. The lowest BCUT2D eigenvalue weighted by atomic mass is 9.89. The van der Waals surface area contributed by atoms with E-state index in [0.29, 0.717) is 5.02 Å². The first-order chi connectivity index (χ1) is 11.2. The van der Waals surface area contributed by atoms with Crippen LogP contribution < -0.4 is 12.4 Å². The maximum Gasteiger partial charge on any atom is 0.171 e. The summed E-state index contributed by atoms with van der Waals surface area (Å²) in [5.41, 5.74) is 1.83. The third-order valence-corrected chi connectivity index (χ3v) is 4.79. The van der Waals surface area contributed by atoms with Crippen molar-refractivity contribution in [1.82, 2.24) is 4.90 Å². The molecule has 3 rings (SSSR count). The van der Waals surface area contributed by atoms with E-state index in [1.807, 2.05) is 30.3 Å². The Morgan fingerprint density at radius 3 is 2.21 bits per heavy atom. The van der Waals surface area contributed by atoms with E-state index in [1.165, 1.54) is 19.3 Å². The van der Waals surface area contributed by atoms with E-state index in [2.05, 4.69) is 17.0 Å². The number of ketones is 1. The molecule has 24 heavy (non-hydrogen) atoms. The molecule has 1 aliphatic rings. The molecule has 0 saturated carbocycles. The molecule has 128 valence electrons. The number of hydrogen-bond acceptors (Lipinski definition) is 2. The number of hydrogen-bond donors (Lipinski definition) is 0. The summed E-state index contributed by atoms with van der Waals surface area (Å²) in [4.78, 5) is 15.5. The number of halogens is 2. The van der Waals surface area contributed by atoms with E-state index in [4.69, 9.17) is 11.6 Å². The number of benzene rings is 2. The Kier molecular flexibility index (Phi) is 7.29. The average molecular weight is 363 g/mol. The minimum atomic E-state index is -0.115. The first-order valence-electron chi connectivity index (χ1n) is 8.31. The minimum Gasteiger partial charge on any atom is -1.00 e. The highest BCUT2D eigenvalue weighted by Gasteiger charge is 2.25. The first-order valence-corrected chi connectivity index (χ1v) is 8.69. The molecular weight excluding hydrogens is 341 g/mol. The summed E-state index contributed by atoms with van der Waals surface area (Å²) in [6.07, 6.45) is 3.77. The second-order valence-electron chi connectivity index (χ2n) is 6.20. The summed E-state index contributed by atoms with van der Waals surface area (Å²) >= 11 is 5.95. The molecule has 0 aliphatic carbocycles. The van der Waals surface area contributed by atoms with Crippen molar-refractivity contribution in [2.24, 2.45) is 0 Å². The van der Waals surface area contributed by atoms with Crippen LogP contribution in [0.5, 0.6) is 0 Å². The van der Waals surface area contributed by atoms with Crippen LogP contribution in [0.1, 0.15) is 41.1 Å². The normalized spacial score (nSPS) is 16.2. The zero-order valence-electron chi connectivity index (χ0n) is 13.6. The highest BCUT2D eigenvalue weighted by atomic mass is 35.5. The van der Waals surface area contributed by atoms with Gasteiger partial charge < -0.3 is 17.3 Å². The molecule has 0 amide bonds. The van der Waals surface area contributed by atoms with E-state index >= 15 is 0 Å². The van der Waals surface area contributed by atoms with Crippen LogP contribution in [-0.4, -0.2) is 30.3 Å². The molecule has 0 aromatic heterocycles. The monoisotopic (exact) mass is 362 g/mol.